The second-order valence-corrected chi connectivity index (χ2v) is 6.17. The minimum Gasteiger partial charge on any atom is -0.493 e. The predicted molar refractivity (Wildman–Crippen MR) is 81.5 cm³/mol. The highest BCUT2D eigenvalue weighted by atomic mass is 32.2. The van der Waals surface area contributed by atoms with E-state index in [9.17, 15) is 8.42 Å². The van der Waals surface area contributed by atoms with Crippen LogP contribution in [0.1, 0.15) is 5.56 Å². The number of nitrogens with one attached hydrogen (secondary N) is 1. The van der Waals surface area contributed by atoms with Gasteiger partial charge in [-0.1, -0.05) is 17.7 Å². The molecule has 0 aromatic heterocycles. The summed E-state index contributed by atoms with van der Waals surface area (Å²) in [6.07, 6.45) is 0. The van der Waals surface area contributed by atoms with Gasteiger partial charge in [0.2, 0.25) is 0 Å². The monoisotopic (exact) mass is 307 g/mol. The van der Waals surface area contributed by atoms with Crippen LogP contribution in [0.5, 0.6) is 11.5 Å². The van der Waals surface area contributed by atoms with Gasteiger partial charge in [-0.2, -0.15) is 0 Å². The number of rotatable bonds is 5. The average Bonchev–Trinajstić information content (AvgIpc) is 2.47. The largest absolute Gasteiger partial charge is 0.493 e. The van der Waals surface area contributed by atoms with Gasteiger partial charge < -0.3 is 9.47 Å². The van der Waals surface area contributed by atoms with Gasteiger partial charge in [0.05, 0.1) is 24.8 Å². The highest BCUT2D eigenvalue weighted by molar-refractivity contribution is 7.92. The molecule has 0 saturated heterocycles. The molecule has 5 nitrogen and oxygen atoms in total. The van der Waals surface area contributed by atoms with Crippen molar-refractivity contribution in [2.24, 2.45) is 0 Å². The fourth-order valence-electron chi connectivity index (χ4n) is 1.83. The summed E-state index contributed by atoms with van der Waals surface area (Å²) in [5, 5.41) is 0. The van der Waals surface area contributed by atoms with E-state index in [1.54, 1.807) is 42.5 Å². The van der Waals surface area contributed by atoms with Crippen LogP contribution < -0.4 is 14.2 Å². The van der Waals surface area contributed by atoms with Crippen molar-refractivity contribution in [1.82, 2.24) is 0 Å². The van der Waals surface area contributed by atoms with Crippen molar-refractivity contribution in [3.05, 3.63) is 48.0 Å². The number of hydrogen-bond donors (Lipinski definition) is 1. The smallest absolute Gasteiger partial charge is 0.261 e. The zero-order valence-electron chi connectivity index (χ0n) is 12.1. The fraction of sp³-hybridized carbons (Fsp3) is 0.200. The molecule has 0 aliphatic rings. The number of hydrogen-bond acceptors (Lipinski definition) is 4. The van der Waals surface area contributed by atoms with E-state index in [1.165, 1.54) is 14.2 Å². The van der Waals surface area contributed by atoms with E-state index >= 15 is 0 Å². The molecule has 0 unspecified atom stereocenters. The SMILES string of the molecule is COc1ccc(NS(=O)(=O)c2ccc(C)cc2)cc1OC. The van der Waals surface area contributed by atoms with Crippen LogP contribution in [-0.4, -0.2) is 22.6 Å². The Morgan fingerprint density at radius 1 is 0.905 bits per heavy atom. The second kappa shape index (κ2) is 6.05. The lowest BCUT2D eigenvalue weighted by Crippen LogP contribution is -2.13. The van der Waals surface area contributed by atoms with E-state index in [2.05, 4.69) is 4.72 Å². The molecule has 21 heavy (non-hydrogen) atoms. The summed E-state index contributed by atoms with van der Waals surface area (Å²) in [5.41, 5.74) is 1.41. The molecule has 0 bridgehead atoms. The van der Waals surface area contributed by atoms with Gasteiger partial charge in [-0.3, -0.25) is 4.72 Å². The average molecular weight is 307 g/mol. The van der Waals surface area contributed by atoms with Crippen molar-refractivity contribution in [2.75, 3.05) is 18.9 Å². The second-order valence-electron chi connectivity index (χ2n) is 4.49. The zero-order chi connectivity index (χ0) is 15.5. The van der Waals surface area contributed by atoms with Crippen LogP contribution in [0.3, 0.4) is 0 Å². The van der Waals surface area contributed by atoms with Gasteiger partial charge in [0, 0.05) is 6.07 Å². The Labute approximate surface area is 124 Å². The van der Waals surface area contributed by atoms with E-state index in [4.69, 9.17) is 9.47 Å². The molecular formula is C15H17NO4S. The maximum absolute atomic E-state index is 12.3. The van der Waals surface area contributed by atoms with Crippen LogP contribution in [0.2, 0.25) is 0 Å². The molecule has 0 aliphatic carbocycles. The summed E-state index contributed by atoms with van der Waals surface area (Å²) in [6, 6.07) is 11.5. The standard InChI is InChI=1S/C15H17NO4S/c1-11-4-7-13(8-5-11)21(17,18)16-12-6-9-14(19-2)15(10-12)20-3/h4-10,16H,1-3H3. The fourth-order valence-corrected chi connectivity index (χ4v) is 2.88. The minimum atomic E-state index is -3.62. The highest BCUT2D eigenvalue weighted by Gasteiger charge is 2.15. The molecule has 0 aliphatic heterocycles. The Balaban J connectivity index is 2.30. The summed E-state index contributed by atoms with van der Waals surface area (Å²) in [5.74, 6) is 0.998. The molecule has 112 valence electrons. The summed E-state index contributed by atoms with van der Waals surface area (Å²) in [7, 11) is -0.603. The molecule has 0 radical (unpaired) electrons. The summed E-state index contributed by atoms with van der Waals surface area (Å²) in [6.45, 7) is 1.90. The third-order valence-electron chi connectivity index (χ3n) is 2.97. The Bertz CT molecular complexity index is 724. The predicted octanol–water partition coefficient (Wildman–Crippen LogP) is 2.81. The van der Waals surface area contributed by atoms with Gasteiger partial charge in [0.1, 0.15) is 0 Å². The Morgan fingerprint density at radius 2 is 1.52 bits per heavy atom. The van der Waals surface area contributed by atoms with Crippen molar-refractivity contribution < 1.29 is 17.9 Å². The molecule has 0 atom stereocenters. The number of methoxy groups -OCH3 is 2. The molecule has 2 aromatic carbocycles. The zero-order valence-corrected chi connectivity index (χ0v) is 12.9. The number of ether oxygens (including phenoxy) is 2. The first-order valence-electron chi connectivity index (χ1n) is 6.28. The number of sulfonamides is 1. The molecule has 0 spiro atoms. The molecule has 0 fully saturated rings. The molecule has 1 N–H and O–H groups in total. The van der Waals surface area contributed by atoms with Crippen LogP contribution >= 0.6 is 0 Å². The minimum absolute atomic E-state index is 0.211. The van der Waals surface area contributed by atoms with E-state index in [-0.39, 0.29) is 4.90 Å². The van der Waals surface area contributed by atoms with Gasteiger partial charge in [0.25, 0.3) is 10.0 Å². The molecule has 0 amide bonds. The molecular weight excluding hydrogens is 290 g/mol. The van der Waals surface area contributed by atoms with Gasteiger partial charge in [0.15, 0.2) is 11.5 Å². The normalized spacial score (nSPS) is 11.0. The summed E-state index contributed by atoms with van der Waals surface area (Å²) in [4.78, 5) is 0.211. The van der Waals surface area contributed by atoms with Crippen molar-refractivity contribution in [3.63, 3.8) is 0 Å². The van der Waals surface area contributed by atoms with Crippen LogP contribution in [0.25, 0.3) is 0 Å². The van der Waals surface area contributed by atoms with Gasteiger partial charge >= 0.3 is 0 Å². The van der Waals surface area contributed by atoms with Crippen LogP contribution in [0.4, 0.5) is 5.69 Å². The Morgan fingerprint density at radius 3 is 2.10 bits per heavy atom. The van der Waals surface area contributed by atoms with Crippen LogP contribution in [0, 0.1) is 6.92 Å². The lowest BCUT2D eigenvalue weighted by Gasteiger charge is -2.12. The summed E-state index contributed by atoms with van der Waals surface area (Å²) < 4.78 is 37.4. The molecule has 0 heterocycles. The van der Waals surface area contributed by atoms with Crippen molar-refractivity contribution in [1.29, 1.82) is 0 Å². The molecule has 6 heteroatoms. The van der Waals surface area contributed by atoms with Crippen molar-refractivity contribution in [3.8, 4) is 11.5 Å². The van der Waals surface area contributed by atoms with Gasteiger partial charge in [-0.25, -0.2) is 8.42 Å². The molecule has 0 saturated carbocycles. The summed E-state index contributed by atoms with van der Waals surface area (Å²) >= 11 is 0. The number of benzene rings is 2. The molecule has 2 aromatic rings. The maximum Gasteiger partial charge on any atom is 0.261 e. The molecule has 2 rings (SSSR count). The third-order valence-corrected chi connectivity index (χ3v) is 4.36. The first-order valence-corrected chi connectivity index (χ1v) is 7.76. The first-order chi connectivity index (χ1) is 9.96. The van der Waals surface area contributed by atoms with Gasteiger partial charge in [-0.15, -0.1) is 0 Å². The van der Waals surface area contributed by atoms with E-state index in [0.29, 0.717) is 17.2 Å². The Hall–Kier alpha value is -2.21. The van der Waals surface area contributed by atoms with Gasteiger partial charge in [-0.05, 0) is 31.2 Å². The quantitative estimate of drug-likeness (QED) is 0.922. The first kappa shape index (κ1) is 15.2. The maximum atomic E-state index is 12.3. The van der Waals surface area contributed by atoms with Crippen molar-refractivity contribution >= 4 is 15.7 Å². The topological polar surface area (TPSA) is 64.6 Å². The number of anilines is 1. The van der Waals surface area contributed by atoms with E-state index in [1.807, 2.05) is 6.92 Å². The lowest BCUT2D eigenvalue weighted by molar-refractivity contribution is 0.355. The number of aryl methyl sites for hydroxylation is 1. The van der Waals surface area contributed by atoms with Crippen LogP contribution in [-0.2, 0) is 10.0 Å². The van der Waals surface area contributed by atoms with Crippen molar-refractivity contribution in [2.45, 2.75) is 11.8 Å². The Kier molecular flexibility index (Phi) is 4.37. The third kappa shape index (κ3) is 3.46. The lowest BCUT2D eigenvalue weighted by atomic mass is 10.2. The highest BCUT2D eigenvalue weighted by Crippen LogP contribution is 2.30. The van der Waals surface area contributed by atoms with E-state index in [0.717, 1.165) is 5.56 Å². The van der Waals surface area contributed by atoms with E-state index < -0.39 is 10.0 Å². The van der Waals surface area contributed by atoms with Crippen LogP contribution in [0.15, 0.2) is 47.4 Å².